The Labute approximate surface area is 101 Å². The highest BCUT2D eigenvalue weighted by Gasteiger charge is 2.03. The van der Waals surface area contributed by atoms with Crippen LogP contribution in [0.2, 0.25) is 0 Å². The monoisotopic (exact) mass is 226 g/mol. The van der Waals surface area contributed by atoms with E-state index in [1.165, 1.54) is 0 Å². The first-order chi connectivity index (χ1) is 8.31. The van der Waals surface area contributed by atoms with Crippen LogP contribution in [0.15, 0.2) is 53.5 Å². The fraction of sp³-hybridized carbons (Fsp3) is 0.0714. The van der Waals surface area contributed by atoms with Gasteiger partial charge in [-0.1, -0.05) is 24.3 Å². The minimum absolute atomic E-state index is 0.657. The quantitative estimate of drug-likeness (QED) is 0.646. The second-order valence-corrected chi connectivity index (χ2v) is 3.56. The number of para-hydroxylation sites is 1. The summed E-state index contributed by atoms with van der Waals surface area (Å²) in [5.41, 5.74) is 8.24. The molecule has 0 fully saturated rings. The van der Waals surface area contributed by atoms with Crippen LogP contribution in [-0.2, 0) is 0 Å². The number of anilines is 1. The van der Waals surface area contributed by atoms with Crippen molar-refractivity contribution < 1.29 is 4.74 Å². The number of benzene rings is 2. The topological polar surface area (TPSA) is 47.6 Å². The number of aliphatic imine (C=N–C) groups is 1. The molecule has 0 atom stereocenters. The van der Waals surface area contributed by atoms with E-state index in [9.17, 15) is 0 Å². The molecule has 0 saturated heterocycles. The van der Waals surface area contributed by atoms with Crippen LogP contribution < -0.4 is 10.5 Å². The van der Waals surface area contributed by atoms with Gasteiger partial charge < -0.3 is 10.5 Å². The van der Waals surface area contributed by atoms with Gasteiger partial charge in [-0.2, -0.15) is 0 Å². The first-order valence-corrected chi connectivity index (χ1v) is 5.33. The van der Waals surface area contributed by atoms with E-state index < -0.39 is 0 Å². The summed E-state index contributed by atoms with van der Waals surface area (Å²) < 4.78 is 5.24. The van der Waals surface area contributed by atoms with Gasteiger partial charge in [0.25, 0.3) is 0 Å². The second-order valence-electron chi connectivity index (χ2n) is 3.56. The third kappa shape index (κ3) is 2.64. The largest absolute Gasteiger partial charge is 0.496 e. The highest BCUT2D eigenvalue weighted by Crippen LogP contribution is 2.22. The van der Waals surface area contributed by atoms with Crippen LogP contribution in [0, 0.1) is 0 Å². The number of nitrogens with zero attached hydrogens (tertiary/aromatic N) is 1. The average molecular weight is 226 g/mol. The van der Waals surface area contributed by atoms with Crippen molar-refractivity contribution in [3.8, 4) is 5.75 Å². The van der Waals surface area contributed by atoms with Crippen LogP contribution in [0.3, 0.4) is 0 Å². The molecule has 2 N–H and O–H groups in total. The van der Waals surface area contributed by atoms with Crippen LogP contribution in [0.25, 0.3) is 0 Å². The number of rotatable bonds is 3. The average Bonchev–Trinajstić information content (AvgIpc) is 2.38. The highest BCUT2D eigenvalue weighted by molar-refractivity contribution is 5.91. The van der Waals surface area contributed by atoms with Gasteiger partial charge in [-0.25, -0.2) is 0 Å². The summed E-state index contributed by atoms with van der Waals surface area (Å²) in [4.78, 5) is 4.36. The Hall–Kier alpha value is -2.29. The lowest BCUT2D eigenvalue weighted by Gasteiger charge is -2.06. The molecule has 0 radical (unpaired) electrons. The number of methoxy groups -OCH3 is 1. The number of hydrogen-bond donors (Lipinski definition) is 1. The number of hydrogen-bond acceptors (Lipinski definition) is 3. The fourth-order valence-corrected chi connectivity index (χ4v) is 1.53. The molecule has 0 unspecified atom stereocenters. The zero-order valence-corrected chi connectivity index (χ0v) is 9.63. The number of nitrogens with two attached hydrogens (primary N) is 1. The van der Waals surface area contributed by atoms with Crippen LogP contribution >= 0.6 is 0 Å². The highest BCUT2D eigenvalue weighted by atomic mass is 16.5. The molecule has 2 aromatic rings. The van der Waals surface area contributed by atoms with E-state index in [4.69, 9.17) is 10.5 Å². The Kier molecular flexibility index (Phi) is 3.40. The van der Waals surface area contributed by atoms with E-state index in [0.717, 1.165) is 17.0 Å². The Bertz CT molecular complexity index is 521. The zero-order chi connectivity index (χ0) is 12.1. The third-order valence-corrected chi connectivity index (χ3v) is 2.42. The normalized spacial score (nSPS) is 10.6. The summed E-state index contributed by atoms with van der Waals surface area (Å²) in [7, 11) is 1.62. The van der Waals surface area contributed by atoms with E-state index in [2.05, 4.69) is 4.99 Å². The lowest BCUT2D eigenvalue weighted by atomic mass is 10.2. The van der Waals surface area contributed by atoms with E-state index in [1.807, 2.05) is 48.5 Å². The number of ether oxygens (including phenoxy) is 1. The standard InChI is InChI=1S/C14H14N2O/c1-17-14-9-5-8-13(15)12(14)10-16-11-6-3-2-4-7-11/h2-10H,15H2,1H3. The molecular weight excluding hydrogens is 212 g/mol. The molecule has 3 nitrogen and oxygen atoms in total. The molecule has 0 aliphatic heterocycles. The van der Waals surface area contributed by atoms with E-state index in [0.29, 0.717) is 5.69 Å². The van der Waals surface area contributed by atoms with Crippen LogP contribution in [-0.4, -0.2) is 13.3 Å². The Morgan fingerprint density at radius 3 is 2.53 bits per heavy atom. The van der Waals surface area contributed by atoms with Gasteiger partial charge >= 0.3 is 0 Å². The van der Waals surface area contributed by atoms with Gasteiger partial charge in [0, 0.05) is 11.9 Å². The van der Waals surface area contributed by atoms with Crippen LogP contribution in [0.1, 0.15) is 5.56 Å². The summed E-state index contributed by atoms with van der Waals surface area (Å²) in [5.74, 6) is 0.727. The van der Waals surface area contributed by atoms with E-state index in [-0.39, 0.29) is 0 Å². The predicted octanol–water partition coefficient (Wildman–Crippen LogP) is 3.03. The zero-order valence-electron chi connectivity index (χ0n) is 9.63. The molecule has 0 amide bonds. The Morgan fingerprint density at radius 1 is 1.06 bits per heavy atom. The van der Waals surface area contributed by atoms with Gasteiger partial charge in [0.1, 0.15) is 5.75 Å². The molecule has 2 aromatic carbocycles. The molecule has 0 bridgehead atoms. The van der Waals surface area contributed by atoms with Gasteiger partial charge in [-0.05, 0) is 24.3 Å². The molecule has 0 aliphatic carbocycles. The molecule has 17 heavy (non-hydrogen) atoms. The third-order valence-electron chi connectivity index (χ3n) is 2.42. The van der Waals surface area contributed by atoms with Crippen LogP contribution in [0.4, 0.5) is 11.4 Å². The summed E-state index contributed by atoms with van der Waals surface area (Å²) >= 11 is 0. The summed E-state index contributed by atoms with van der Waals surface area (Å²) in [5, 5.41) is 0. The molecular formula is C14H14N2O. The first-order valence-electron chi connectivity index (χ1n) is 5.33. The maximum atomic E-state index is 5.89. The second kappa shape index (κ2) is 5.16. The minimum Gasteiger partial charge on any atom is -0.496 e. The molecule has 2 rings (SSSR count). The predicted molar refractivity (Wildman–Crippen MR) is 71.1 cm³/mol. The van der Waals surface area contributed by atoms with Crippen molar-refractivity contribution in [2.45, 2.75) is 0 Å². The van der Waals surface area contributed by atoms with Crippen molar-refractivity contribution >= 4 is 17.6 Å². The molecule has 86 valence electrons. The van der Waals surface area contributed by atoms with Crippen molar-refractivity contribution in [1.29, 1.82) is 0 Å². The minimum atomic E-state index is 0.657. The van der Waals surface area contributed by atoms with Crippen molar-refractivity contribution in [3.63, 3.8) is 0 Å². The molecule has 0 heterocycles. The molecule has 3 heteroatoms. The lowest BCUT2D eigenvalue weighted by Crippen LogP contribution is -1.96. The molecule has 0 spiro atoms. The van der Waals surface area contributed by atoms with Gasteiger partial charge in [0.2, 0.25) is 0 Å². The van der Waals surface area contributed by atoms with Gasteiger partial charge in [-0.3, -0.25) is 4.99 Å². The number of nitrogen functional groups attached to an aromatic ring is 1. The fourth-order valence-electron chi connectivity index (χ4n) is 1.53. The lowest BCUT2D eigenvalue weighted by molar-refractivity contribution is 0.414. The van der Waals surface area contributed by atoms with Crippen molar-refractivity contribution in [1.82, 2.24) is 0 Å². The maximum absolute atomic E-state index is 5.89. The van der Waals surface area contributed by atoms with Gasteiger partial charge in [-0.15, -0.1) is 0 Å². The van der Waals surface area contributed by atoms with Crippen molar-refractivity contribution in [2.24, 2.45) is 4.99 Å². The SMILES string of the molecule is COc1cccc(N)c1C=Nc1ccccc1. The van der Waals surface area contributed by atoms with Crippen molar-refractivity contribution in [2.75, 3.05) is 12.8 Å². The Balaban J connectivity index is 2.33. The molecule has 0 saturated carbocycles. The van der Waals surface area contributed by atoms with Crippen LogP contribution in [0.5, 0.6) is 5.75 Å². The van der Waals surface area contributed by atoms with Crippen molar-refractivity contribution in [3.05, 3.63) is 54.1 Å². The molecule has 0 aliphatic rings. The smallest absolute Gasteiger partial charge is 0.129 e. The van der Waals surface area contributed by atoms with Gasteiger partial charge in [0.05, 0.1) is 18.4 Å². The molecule has 0 aromatic heterocycles. The Morgan fingerprint density at radius 2 is 1.82 bits per heavy atom. The summed E-state index contributed by atoms with van der Waals surface area (Å²) in [6.07, 6.45) is 1.73. The summed E-state index contributed by atoms with van der Waals surface area (Å²) in [6.45, 7) is 0. The first kappa shape index (κ1) is 11.2. The van der Waals surface area contributed by atoms with Gasteiger partial charge in [0.15, 0.2) is 0 Å². The maximum Gasteiger partial charge on any atom is 0.129 e. The summed E-state index contributed by atoms with van der Waals surface area (Å²) in [6, 6.07) is 15.3. The van der Waals surface area contributed by atoms with E-state index >= 15 is 0 Å². The van der Waals surface area contributed by atoms with E-state index in [1.54, 1.807) is 13.3 Å².